The zero-order valence-corrected chi connectivity index (χ0v) is 15.1. The van der Waals surface area contributed by atoms with Crippen LogP contribution in [0.25, 0.3) is 0 Å². The van der Waals surface area contributed by atoms with Gasteiger partial charge in [-0.3, -0.25) is 4.90 Å². The van der Waals surface area contributed by atoms with Gasteiger partial charge in [-0.15, -0.1) is 0 Å². The Kier molecular flexibility index (Phi) is 5.76. The summed E-state index contributed by atoms with van der Waals surface area (Å²) in [5.41, 5.74) is 1.25. The Hall–Kier alpha value is -1.57. The predicted molar refractivity (Wildman–Crippen MR) is 96.5 cm³/mol. The molecule has 0 saturated carbocycles. The van der Waals surface area contributed by atoms with E-state index in [1.54, 1.807) is 7.11 Å². The molecule has 0 aliphatic carbocycles. The van der Waals surface area contributed by atoms with Crippen molar-refractivity contribution in [3.63, 3.8) is 0 Å². The quantitative estimate of drug-likeness (QED) is 0.806. The molecule has 1 aromatic carbocycles. The summed E-state index contributed by atoms with van der Waals surface area (Å²) < 4.78 is 15.9. The van der Waals surface area contributed by atoms with Gasteiger partial charge in [0.2, 0.25) is 6.79 Å². The van der Waals surface area contributed by atoms with Gasteiger partial charge in [0, 0.05) is 45.9 Å². The molecule has 24 heavy (non-hydrogen) atoms. The second-order valence-electron chi connectivity index (χ2n) is 6.26. The zero-order valence-electron chi connectivity index (χ0n) is 14.3. The Bertz CT molecular complexity index is 576. The third-order valence-corrected chi connectivity index (χ3v) is 4.67. The van der Waals surface area contributed by atoms with Crippen molar-refractivity contribution < 1.29 is 14.2 Å². The average molecular weight is 351 g/mol. The number of nitrogens with zero attached hydrogens (tertiary/aromatic N) is 2. The molecule has 2 aliphatic rings. The highest BCUT2D eigenvalue weighted by Gasteiger charge is 2.21. The summed E-state index contributed by atoms with van der Waals surface area (Å²) in [6, 6.07) is 6.41. The third kappa shape index (κ3) is 4.28. The predicted octanol–water partition coefficient (Wildman–Crippen LogP) is 1.44. The maximum atomic E-state index is 5.50. The zero-order chi connectivity index (χ0) is 16.9. The second-order valence-corrected chi connectivity index (χ2v) is 6.64. The number of hydrogen-bond acceptors (Lipinski definition) is 5. The first kappa shape index (κ1) is 17.3. The van der Waals surface area contributed by atoms with Crippen LogP contribution in [0, 0.1) is 0 Å². The summed E-state index contributed by atoms with van der Waals surface area (Å²) >= 11 is 5.50. The number of hydrogen-bond donors (Lipinski definition) is 1. The van der Waals surface area contributed by atoms with E-state index in [-0.39, 0.29) is 6.04 Å². The fourth-order valence-electron chi connectivity index (χ4n) is 3.00. The van der Waals surface area contributed by atoms with E-state index in [0.29, 0.717) is 13.4 Å². The number of ether oxygens (including phenoxy) is 3. The standard InChI is InChI=1S/C17H25N3O3S/c1-13(11-21-2)18-17(24)20-7-5-19(6-8-20)10-14-3-4-15-16(9-14)23-12-22-15/h3-4,9,13H,5-8,10-12H2,1-2H3,(H,18,24). The van der Waals surface area contributed by atoms with E-state index >= 15 is 0 Å². The van der Waals surface area contributed by atoms with Crippen LogP contribution in [0.4, 0.5) is 0 Å². The van der Waals surface area contributed by atoms with Gasteiger partial charge in [-0.1, -0.05) is 6.07 Å². The van der Waals surface area contributed by atoms with Gasteiger partial charge in [-0.2, -0.15) is 0 Å². The van der Waals surface area contributed by atoms with Crippen molar-refractivity contribution in [3.05, 3.63) is 23.8 Å². The van der Waals surface area contributed by atoms with Gasteiger partial charge in [0.05, 0.1) is 6.61 Å². The lowest BCUT2D eigenvalue weighted by Gasteiger charge is -2.37. The van der Waals surface area contributed by atoms with Gasteiger partial charge in [-0.05, 0) is 36.8 Å². The maximum Gasteiger partial charge on any atom is 0.231 e. The molecule has 1 N–H and O–H groups in total. The Labute approximate surface area is 148 Å². The van der Waals surface area contributed by atoms with E-state index in [9.17, 15) is 0 Å². The van der Waals surface area contributed by atoms with E-state index in [2.05, 4.69) is 34.2 Å². The van der Waals surface area contributed by atoms with E-state index in [1.165, 1.54) is 5.56 Å². The molecular formula is C17H25N3O3S. The molecule has 0 radical (unpaired) electrons. The highest BCUT2D eigenvalue weighted by atomic mass is 32.1. The largest absolute Gasteiger partial charge is 0.454 e. The molecule has 0 aromatic heterocycles. The van der Waals surface area contributed by atoms with E-state index in [4.69, 9.17) is 26.4 Å². The monoisotopic (exact) mass is 351 g/mol. The van der Waals surface area contributed by atoms with Crippen molar-refractivity contribution in [1.29, 1.82) is 0 Å². The van der Waals surface area contributed by atoms with Crippen LogP contribution < -0.4 is 14.8 Å². The maximum absolute atomic E-state index is 5.50. The number of thiocarbonyl (C=S) groups is 1. The molecule has 1 atom stereocenters. The first-order chi connectivity index (χ1) is 11.7. The second kappa shape index (κ2) is 8.00. The number of nitrogens with one attached hydrogen (secondary N) is 1. The van der Waals surface area contributed by atoms with E-state index in [0.717, 1.165) is 49.3 Å². The van der Waals surface area contributed by atoms with Crippen LogP contribution in [-0.4, -0.2) is 67.6 Å². The van der Waals surface area contributed by atoms with Crippen LogP contribution in [0.1, 0.15) is 12.5 Å². The molecule has 2 heterocycles. The van der Waals surface area contributed by atoms with Crippen LogP contribution >= 0.6 is 12.2 Å². The third-order valence-electron chi connectivity index (χ3n) is 4.29. The van der Waals surface area contributed by atoms with Crippen molar-refractivity contribution in [2.45, 2.75) is 19.5 Å². The van der Waals surface area contributed by atoms with Crippen LogP contribution in [0.5, 0.6) is 11.5 Å². The molecule has 1 saturated heterocycles. The smallest absolute Gasteiger partial charge is 0.231 e. The summed E-state index contributed by atoms with van der Waals surface area (Å²) in [5, 5.41) is 4.15. The highest BCUT2D eigenvalue weighted by molar-refractivity contribution is 7.80. The topological polar surface area (TPSA) is 46.2 Å². The molecule has 7 heteroatoms. The van der Waals surface area contributed by atoms with Crippen molar-refractivity contribution in [2.24, 2.45) is 0 Å². The molecule has 0 bridgehead atoms. The summed E-state index contributed by atoms with van der Waals surface area (Å²) in [5.74, 6) is 1.69. The lowest BCUT2D eigenvalue weighted by atomic mass is 10.1. The summed E-state index contributed by atoms with van der Waals surface area (Å²) in [7, 11) is 1.70. The molecule has 1 fully saturated rings. The van der Waals surface area contributed by atoms with E-state index < -0.39 is 0 Å². The van der Waals surface area contributed by atoms with Gasteiger partial charge < -0.3 is 24.4 Å². The SMILES string of the molecule is COCC(C)NC(=S)N1CCN(Cc2ccc3c(c2)OCO3)CC1. The number of benzene rings is 1. The Morgan fingerprint density at radius 1 is 1.25 bits per heavy atom. The van der Waals surface area contributed by atoms with Crippen LogP contribution in [0.15, 0.2) is 18.2 Å². The summed E-state index contributed by atoms with van der Waals surface area (Å²) in [4.78, 5) is 4.67. The number of fused-ring (bicyclic) bond motifs is 1. The van der Waals surface area contributed by atoms with Gasteiger partial charge >= 0.3 is 0 Å². The average Bonchev–Trinajstić information content (AvgIpc) is 3.03. The fourth-order valence-corrected chi connectivity index (χ4v) is 3.38. The van der Waals surface area contributed by atoms with Crippen molar-refractivity contribution in [2.75, 3.05) is 46.7 Å². The van der Waals surface area contributed by atoms with Crippen molar-refractivity contribution >= 4 is 17.3 Å². The lowest BCUT2D eigenvalue weighted by Crippen LogP contribution is -2.53. The summed E-state index contributed by atoms with van der Waals surface area (Å²) in [6.45, 7) is 7.85. The highest BCUT2D eigenvalue weighted by Crippen LogP contribution is 2.32. The van der Waals surface area contributed by atoms with Crippen LogP contribution in [0.3, 0.4) is 0 Å². The molecular weight excluding hydrogens is 326 g/mol. The van der Waals surface area contributed by atoms with Gasteiger partial charge in [-0.25, -0.2) is 0 Å². The molecule has 6 nitrogen and oxygen atoms in total. The first-order valence-electron chi connectivity index (χ1n) is 8.31. The number of rotatable bonds is 5. The summed E-state index contributed by atoms with van der Waals surface area (Å²) in [6.07, 6.45) is 0. The van der Waals surface area contributed by atoms with Crippen LogP contribution in [0.2, 0.25) is 0 Å². The molecule has 1 unspecified atom stereocenters. The normalized spacial score (nSPS) is 18.5. The molecule has 3 rings (SSSR count). The Balaban J connectivity index is 1.46. The van der Waals surface area contributed by atoms with Gasteiger partial charge in [0.15, 0.2) is 16.6 Å². The van der Waals surface area contributed by atoms with E-state index in [1.807, 2.05) is 6.07 Å². The first-order valence-corrected chi connectivity index (χ1v) is 8.72. The Morgan fingerprint density at radius 2 is 2.00 bits per heavy atom. The number of piperazine rings is 1. The lowest BCUT2D eigenvalue weighted by molar-refractivity contribution is 0.164. The van der Waals surface area contributed by atoms with Crippen molar-refractivity contribution in [1.82, 2.24) is 15.1 Å². The minimum Gasteiger partial charge on any atom is -0.454 e. The Morgan fingerprint density at radius 3 is 2.75 bits per heavy atom. The number of methoxy groups -OCH3 is 1. The van der Waals surface area contributed by atoms with Crippen LogP contribution in [-0.2, 0) is 11.3 Å². The van der Waals surface area contributed by atoms with Gasteiger partial charge in [0.25, 0.3) is 0 Å². The minimum absolute atomic E-state index is 0.231. The minimum atomic E-state index is 0.231. The molecule has 0 amide bonds. The molecule has 1 aromatic rings. The molecule has 132 valence electrons. The van der Waals surface area contributed by atoms with Gasteiger partial charge in [0.1, 0.15) is 0 Å². The molecule has 0 spiro atoms. The molecule has 2 aliphatic heterocycles. The van der Waals surface area contributed by atoms with Crippen molar-refractivity contribution in [3.8, 4) is 11.5 Å². The fraction of sp³-hybridized carbons (Fsp3) is 0.588.